The van der Waals surface area contributed by atoms with Gasteiger partial charge in [0.05, 0.1) is 6.20 Å². The molecule has 5 heterocycles. The Bertz CT molecular complexity index is 1500. The Morgan fingerprint density at radius 3 is 2.90 bits per heavy atom. The van der Waals surface area contributed by atoms with Crippen molar-refractivity contribution in [1.29, 1.82) is 0 Å². The number of aromatic nitrogens is 3. The van der Waals surface area contributed by atoms with Crippen molar-refractivity contribution < 1.29 is 28.9 Å². The highest BCUT2D eigenvalue weighted by Gasteiger charge is 2.54. The van der Waals surface area contributed by atoms with Gasteiger partial charge in [0.25, 0.3) is 17.5 Å². The summed E-state index contributed by atoms with van der Waals surface area (Å²) < 4.78 is 3.87. The maximum absolute atomic E-state index is 13.2. The number of imidazole rings is 1. The summed E-state index contributed by atoms with van der Waals surface area (Å²) in [6.07, 6.45) is 9.62. The van der Waals surface area contributed by atoms with Crippen LogP contribution >= 0.6 is 23.1 Å². The molecule has 40 heavy (non-hydrogen) atoms. The highest BCUT2D eigenvalue weighted by Crippen LogP contribution is 2.40. The number of fused-ring (bicyclic) bond motifs is 2. The molecule has 1 fully saturated rings. The number of carbonyl (C=O) groups is 3. The first kappa shape index (κ1) is 27.6. The van der Waals surface area contributed by atoms with Gasteiger partial charge in [-0.1, -0.05) is 31.0 Å². The fourth-order valence-electron chi connectivity index (χ4n) is 4.70. The van der Waals surface area contributed by atoms with Crippen molar-refractivity contribution in [2.24, 2.45) is 5.16 Å². The lowest BCUT2D eigenvalue weighted by atomic mass is 10.0. The number of hydrogen-bond donors (Lipinski definition) is 3. The van der Waals surface area contributed by atoms with Crippen LogP contribution in [0, 0.1) is 0 Å². The van der Waals surface area contributed by atoms with E-state index < -0.39 is 29.2 Å². The number of β-lactam (4-membered cyclic amide) rings is 1. The molecular formula is C26H30N7O5S2+. The van der Waals surface area contributed by atoms with Crippen LogP contribution in [-0.2, 0) is 25.8 Å². The molecule has 5 rings (SSSR count). The van der Waals surface area contributed by atoms with Gasteiger partial charge in [0, 0.05) is 22.8 Å². The van der Waals surface area contributed by atoms with Crippen LogP contribution in [-0.4, -0.2) is 66.7 Å². The Kier molecular flexibility index (Phi) is 8.35. The first-order valence-electron chi connectivity index (χ1n) is 13.0. The molecule has 4 N–H and O–H groups in total. The molecule has 0 aliphatic carbocycles. The number of aliphatic carboxylic acids is 1. The number of nitrogen functional groups attached to an aromatic ring is 1. The van der Waals surface area contributed by atoms with Gasteiger partial charge >= 0.3 is 5.97 Å². The fraction of sp³-hybridized carbons (Fsp3) is 0.385. The molecule has 14 heteroatoms. The van der Waals surface area contributed by atoms with Gasteiger partial charge in [-0.25, -0.2) is 18.7 Å². The van der Waals surface area contributed by atoms with E-state index in [0.717, 1.165) is 42.7 Å². The minimum atomic E-state index is -1.18. The predicted octanol–water partition coefficient (Wildman–Crippen LogP) is 2.01. The smallest absolute Gasteiger partial charge is 0.352 e. The highest BCUT2D eigenvalue weighted by molar-refractivity contribution is 8.00. The van der Waals surface area contributed by atoms with Gasteiger partial charge < -0.3 is 21.0 Å². The number of carboxylic acid groups (broad SMARTS) is 1. The van der Waals surface area contributed by atoms with Crippen LogP contribution in [0.4, 0.5) is 5.13 Å². The molecule has 2 aliphatic rings. The summed E-state index contributed by atoms with van der Waals surface area (Å²) in [5.74, 6) is -1.92. The minimum absolute atomic E-state index is 0.0430. The predicted molar refractivity (Wildman–Crippen MR) is 150 cm³/mol. The average Bonchev–Trinajstić information content (AvgIpc) is 3.56. The second kappa shape index (κ2) is 12.1. The Morgan fingerprint density at radius 2 is 2.15 bits per heavy atom. The van der Waals surface area contributed by atoms with Gasteiger partial charge in [-0.15, -0.1) is 23.1 Å². The highest BCUT2D eigenvalue weighted by atomic mass is 32.2. The number of anilines is 1. The van der Waals surface area contributed by atoms with Crippen molar-refractivity contribution in [3.05, 3.63) is 59.1 Å². The normalized spacial score (nSPS) is 19.0. The van der Waals surface area contributed by atoms with E-state index in [-0.39, 0.29) is 22.2 Å². The SMILES string of the molecule is CCCCCCO/N=C(\C(=O)N[C@@H]1C(=O)N2C(C(=O)O)=C(C[n+]3ccn4ccccc43)CS[C@H]12)c1csc(N)n1. The molecule has 2 atom stereocenters. The van der Waals surface area contributed by atoms with E-state index in [0.29, 0.717) is 24.5 Å². The molecule has 0 saturated carbocycles. The number of carbonyl (C=O) groups excluding carboxylic acids is 2. The molecule has 0 radical (unpaired) electrons. The number of carboxylic acids is 1. The van der Waals surface area contributed by atoms with Crippen LogP contribution in [0.3, 0.4) is 0 Å². The minimum Gasteiger partial charge on any atom is -0.477 e. The van der Waals surface area contributed by atoms with Crippen LogP contribution in [0.15, 0.2) is 58.6 Å². The number of nitrogens with two attached hydrogens (primary N) is 1. The molecular weight excluding hydrogens is 554 g/mol. The zero-order valence-corrected chi connectivity index (χ0v) is 23.5. The number of oxime groups is 1. The summed E-state index contributed by atoms with van der Waals surface area (Å²) in [6, 6.07) is 4.84. The van der Waals surface area contributed by atoms with Gasteiger partial charge in [-0.2, -0.15) is 0 Å². The van der Waals surface area contributed by atoms with Crippen molar-refractivity contribution in [1.82, 2.24) is 19.6 Å². The average molecular weight is 585 g/mol. The van der Waals surface area contributed by atoms with Gasteiger partial charge in [0.15, 0.2) is 10.8 Å². The van der Waals surface area contributed by atoms with Gasteiger partial charge in [-0.3, -0.25) is 14.5 Å². The monoisotopic (exact) mass is 584 g/mol. The van der Waals surface area contributed by atoms with Crippen LogP contribution in [0.25, 0.3) is 5.65 Å². The Morgan fingerprint density at radius 1 is 1.30 bits per heavy atom. The lowest BCUT2D eigenvalue weighted by Gasteiger charge is -2.49. The quantitative estimate of drug-likeness (QED) is 0.0960. The molecule has 2 amide bonds. The van der Waals surface area contributed by atoms with E-state index in [1.54, 1.807) is 5.38 Å². The van der Waals surface area contributed by atoms with Crippen molar-refractivity contribution in [2.75, 3.05) is 18.1 Å². The van der Waals surface area contributed by atoms with Crippen LogP contribution < -0.4 is 15.6 Å². The maximum atomic E-state index is 13.2. The van der Waals surface area contributed by atoms with Crippen LogP contribution in [0.2, 0.25) is 0 Å². The number of amides is 2. The summed E-state index contributed by atoms with van der Waals surface area (Å²) in [4.78, 5) is 49.6. The Balaban J connectivity index is 1.31. The van der Waals surface area contributed by atoms with Crippen molar-refractivity contribution in [3.8, 4) is 0 Å². The van der Waals surface area contributed by atoms with Gasteiger partial charge in [-0.05, 0) is 18.9 Å². The van der Waals surface area contributed by atoms with E-state index in [9.17, 15) is 19.5 Å². The topological polar surface area (TPSA) is 156 Å². The zero-order valence-electron chi connectivity index (χ0n) is 21.9. The molecule has 12 nitrogen and oxygen atoms in total. The molecule has 0 aromatic carbocycles. The molecule has 3 aromatic rings. The molecule has 210 valence electrons. The Labute approximate surface area is 238 Å². The summed E-state index contributed by atoms with van der Waals surface area (Å²) in [6.45, 7) is 2.77. The molecule has 0 bridgehead atoms. The number of thiazole rings is 1. The van der Waals surface area contributed by atoms with Gasteiger partial charge in [0.2, 0.25) is 0 Å². The second-order valence-electron chi connectivity index (χ2n) is 9.42. The number of unbranched alkanes of at least 4 members (excludes halogenated alkanes) is 3. The summed E-state index contributed by atoms with van der Waals surface area (Å²) in [7, 11) is 0. The number of thioether (sulfide) groups is 1. The fourth-order valence-corrected chi connectivity index (χ4v) is 6.59. The zero-order chi connectivity index (χ0) is 28.2. The number of nitrogens with zero attached hydrogens (tertiary/aromatic N) is 5. The maximum Gasteiger partial charge on any atom is 0.352 e. The number of hydrogen-bond acceptors (Lipinski definition) is 9. The molecule has 0 unspecified atom stereocenters. The van der Waals surface area contributed by atoms with E-state index in [4.69, 9.17) is 10.6 Å². The van der Waals surface area contributed by atoms with E-state index in [2.05, 4.69) is 22.4 Å². The lowest BCUT2D eigenvalue weighted by Crippen LogP contribution is -2.71. The third kappa shape index (κ3) is 5.54. The third-order valence-corrected chi connectivity index (χ3v) is 8.70. The second-order valence-corrected chi connectivity index (χ2v) is 11.4. The van der Waals surface area contributed by atoms with Crippen LogP contribution in [0.1, 0.15) is 38.3 Å². The standard InChI is InChI=1S/C26H29N7O5S2/c1-2-3-4-7-12-38-30-19(17-15-40-26(27)28-17)22(34)29-20-23(35)33-21(25(36)37)16(14-39-24(20)33)13-32-11-10-31-9-6-5-8-18(31)32/h5-6,8-11,15,20,24H,2-4,7,12-14H2,1H3,(H3-,27,28,29,34,36,37)/p+1/b30-19-/t20-,24-/m1/s1. The molecule has 3 aromatic heterocycles. The number of rotatable bonds is 12. The van der Waals surface area contributed by atoms with Crippen molar-refractivity contribution in [3.63, 3.8) is 0 Å². The number of pyridine rings is 1. The number of nitrogens with one attached hydrogen (secondary N) is 1. The first-order chi connectivity index (χ1) is 19.4. The van der Waals surface area contributed by atoms with Crippen LogP contribution in [0.5, 0.6) is 0 Å². The summed E-state index contributed by atoms with van der Waals surface area (Å²) in [5.41, 5.74) is 7.40. The first-order valence-corrected chi connectivity index (χ1v) is 14.9. The Hall–Kier alpha value is -3.91. The van der Waals surface area contributed by atoms with Gasteiger partial charge in [0.1, 0.15) is 48.4 Å². The third-order valence-electron chi connectivity index (χ3n) is 6.69. The van der Waals surface area contributed by atoms with E-state index >= 15 is 0 Å². The summed E-state index contributed by atoms with van der Waals surface area (Å²) in [5, 5.41) is 18.1. The van der Waals surface area contributed by atoms with Crippen molar-refractivity contribution >= 4 is 57.4 Å². The molecule has 1 saturated heterocycles. The lowest BCUT2D eigenvalue weighted by molar-refractivity contribution is -0.662. The van der Waals surface area contributed by atoms with Crippen molar-refractivity contribution in [2.45, 2.75) is 50.6 Å². The largest absolute Gasteiger partial charge is 0.477 e. The van der Waals surface area contributed by atoms with E-state index in [1.165, 1.54) is 16.7 Å². The molecule has 0 spiro atoms. The van der Waals surface area contributed by atoms with E-state index in [1.807, 2.05) is 45.8 Å². The summed E-state index contributed by atoms with van der Waals surface area (Å²) >= 11 is 2.57. The molecule has 2 aliphatic heterocycles.